The molecule has 0 radical (unpaired) electrons. The van der Waals surface area contributed by atoms with Gasteiger partial charge < -0.3 is 19.5 Å². The Kier molecular flexibility index (Phi) is 3.95. The quantitative estimate of drug-likeness (QED) is 0.903. The van der Waals surface area contributed by atoms with E-state index in [1.165, 1.54) is 11.1 Å². The van der Waals surface area contributed by atoms with Gasteiger partial charge in [0.2, 0.25) is 0 Å². The third kappa shape index (κ3) is 3.23. The lowest BCUT2D eigenvalue weighted by Crippen LogP contribution is -2.42. The minimum absolute atomic E-state index is 0.0737. The van der Waals surface area contributed by atoms with Gasteiger partial charge in [-0.2, -0.15) is 0 Å². The van der Waals surface area contributed by atoms with Gasteiger partial charge in [0.05, 0.1) is 6.61 Å². The van der Waals surface area contributed by atoms with E-state index in [4.69, 9.17) is 14.2 Å². The van der Waals surface area contributed by atoms with E-state index in [-0.39, 0.29) is 11.2 Å². The second-order valence-corrected chi connectivity index (χ2v) is 6.77. The lowest BCUT2D eigenvalue weighted by molar-refractivity contribution is -0.0159. The van der Waals surface area contributed by atoms with Crippen molar-refractivity contribution in [1.82, 2.24) is 5.32 Å². The van der Waals surface area contributed by atoms with Crippen LogP contribution in [0.1, 0.15) is 31.4 Å². The van der Waals surface area contributed by atoms with Gasteiger partial charge in [0.1, 0.15) is 17.0 Å². The predicted octanol–water partition coefficient (Wildman–Crippen LogP) is 2.30. The maximum atomic E-state index is 5.91. The fourth-order valence-corrected chi connectivity index (χ4v) is 3.17. The monoisotopic (exact) mass is 291 g/mol. The Hall–Kier alpha value is -1.10. The number of hydrogen-bond acceptors (Lipinski definition) is 4. The minimum atomic E-state index is -0.151. The first-order valence-electron chi connectivity index (χ1n) is 7.66. The van der Waals surface area contributed by atoms with E-state index < -0.39 is 0 Å². The molecular formula is C17H25NO3. The maximum Gasteiger partial charge on any atom is 0.123 e. The standard InChI is InChI=1S/C17H25NO3/c1-16(2)9-14-8-13(4-5-15(14)21-16)10-18-11-17(19-3)6-7-20-12-17/h4-5,8,18H,6-7,9-12H2,1-3H3. The van der Waals surface area contributed by atoms with E-state index in [1.54, 1.807) is 7.11 Å². The molecule has 2 aliphatic rings. The van der Waals surface area contributed by atoms with Crippen LogP contribution in [0.15, 0.2) is 18.2 Å². The highest BCUT2D eigenvalue weighted by atomic mass is 16.5. The zero-order valence-corrected chi connectivity index (χ0v) is 13.2. The molecule has 0 spiro atoms. The van der Waals surface area contributed by atoms with Crippen molar-refractivity contribution >= 4 is 0 Å². The lowest BCUT2D eigenvalue weighted by atomic mass is 10.00. The molecule has 0 amide bonds. The maximum absolute atomic E-state index is 5.91. The summed E-state index contributed by atoms with van der Waals surface area (Å²) in [4.78, 5) is 0. The highest BCUT2D eigenvalue weighted by molar-refractivity contribution is 5.41. The van der Waals surface area contributed by atoms with Gasteiger partial charge in [-0.25, -0.2) is 0 Å². The highest BCUT2D eigenvalue weighted by Crippen LogP contribution is 2.35. The van der Waals surface area contributed by atoms with Crippen LogP contribution >= 0.6 is 0 Å². The Bertz CT molecular complexity index is 507. The molecule has 1 saturated heterocycles. The van der Waals surface area contributed by atoms with Gasteiger partial charge in [-0.3, -0.25) is 0 Å². The largest absolute Gasteiger partial charge is 0.487 e. The molecule has 4 heteroatoms. The van der Waals surface area contributed by atoms with Gasteiger partial charge in [0, 0.05) is 39.6 Å². The Morgan fingerprint density at radius 3 is 2.90 bits per heavy atom. The summed E-state index contributed by atoms with van der Waals surface area (Å²) >= 11 is 0. The third-order valence-electron chi connectivity index (χ3n) is 4.40. The van der Waals surface area contributed by atoms with Crippen molar-refractivity contribution in [3.8, 4) is 5.75 Å². The average molecular weight is 291 g/mol. The van der Waals surface area contributed by atoms with E-state index in [1.807, 2.05) is 0 Å². The van der Waals surface area contributed by atoms with E-state index >= 15 is 0 Å². The van der Waals surface area contributed by atoms with Crippen LogP contribution < -0.4 is 10.1 Å². The van der Waals surface area contributed by atoms with E-state index in [9.17, 15) is 0 Å². The first-order valence-corrected chi connectivity index (χ1v) is 7.66. The molecule has 1 atom stereocenters. The summed E-state index contributed by atoms with van der Waals surface area (Å²) in [5.74, 6) is 1.03. The van der Waals surface area contributed by atoms with E-state index in [0.717, 1.165) is 38.3 Å². The number of hydrogen-bond donors (Lipinski definition) is 1. The van der Waals surface area contributed by atoms with Gasteiger partial charge in [0.15, 0.2) is 0 Å². The molecule has 1 aromatic carbocycles. The molecule has 2 heterocycles. The van der Waals surface area contributed by atoms with Crippen molar-refractivity contribution in [3.05, 3.63) is 29.3 Å². The third-order valence-corrected chi connectivity index (χ3v) is 4.40. The number of nitrogens with one attached hydrogen (secondary N) is 1. The van der Waals surface area contributed by atoms with Gasteiger partial charge in [-0.05, 0) is 31.0 Å². The Morgan fingerprint density at radius 2 is 2.19 bits per heavy atom. The predicted molar refractivity (Wildman–Crippen MR) is 81.7 cm³/mol. The van der Waals surface area contributed by atoms with E-state index in [2.05, 4.69) is 37.4 Å². The van der Waals surface area contributed by atoms with Crippen LogP contribution in [0.2, 0.25) is 0 Å². The molecule has 0 saturated carbocycles. The summed E-state index contributed by atoms with van der Waals surface area (Å²) in [7, 11) is 1.77. The van der Waals surface area contributed by atoms with Gasteiger partial charge >= 0.3 is 0 Å². The van der Waals surface area contributed by atoms with Crippen LogP contribution in [0.5, 0.6) is 5.75 Å². The first kappa shape index (κ1) is 14.8. The SMILES string of the molecule is COC1(CNCc2ccc3c(c2)CC(C)(C)O3)CCOC1. The number of methoxy groups -OCH3 is 1. The van der Waals surface area contributed by atoms with Crippen LogP contribution in [-0.2, 0) is 22.4 Å². The molecule has 0 aliphatic carbocycles. The highest BCUT2D eigenvalue weighted by Gasteiger charge is 2.34. The summed E-state index contributed by atoms with van der Waals surface area (Å²) in [5.41, 5.74) is 2.38. The van der Waals surface area contributed by atoms with Crippen LogP contribution in [0.3, 0.4) is 0 Å². The lowest BCUT2D eigenvalue weighted by Gasteiger charge is -2.26. The molecule has 0 bridgehead atoms. The molecule has 4 nitrogen and oxygen atoms in total. The minimum Gasteiger partial charge on any atom is -0.487 e. The second-order valence-electron chi connectivity index (χ2n) is 6.77. The molecule has 1 unspecified atom stereocenters. The average Bonchev–Trinajstić information content (AvgIpc) is 3.01. The molecular weight excluding hydrogens is 266 g/mol. The summed E-state index contributed by atoms with van der Waals surface area (Å²) < 4.78 is 17.0. The first-order chi connectivity index (χ1) is 10.0. The van der Waals surface area contributed by atoms with Gasteiger partial charge in [0.25, 0.3) is 0 Å². The van der Waals surface area contributed by atoms with Gasteiger partial charge in [-0.1, -0.05) is 12.1 Å². The smallest absolute Gasteiger partial charge is 0.123 e. The van der Waals surface area contributed by atoms with Gasteiger partial charge in [-0.15, -0.1) is 0 Å². The Morgan fingerprint density at radius 1 is 1.33 bits per heavy atom. The zero-order chi connectivity index (χ0) is 14.9. The van der Waals surface area contributed by atoms with Crippen molar-refractivity contribution in [2.45, 2.75) is 44.4 Å². The Labute approximate surface area is 126 Å². The molecule has 0 aromatic heterocycles. The fourth-order valence-electron chi connectivity index (χ4n) is 3.17. The number of fused-ring (bicyclic) bond motifs is 1. The number of benzene rings is 1. The van der Waals surface area contributed by atoms with Crippen LogP contribution in [0.4, 0.5) is 0 Å². The van der Waals surface area contributed by atoms with Crippen molar-refractivity contribution in [3.63, 3.8) is 0 Å². The fraction of sp³-hybridized carbons (Fsp3) is 0.647. The normalized spacial score (nSPS) is 26.6. The number of rotatable bonds is 5. The second kappa shape index (κ2) is 5.59. The summed E-state index contributed by atoms with van der Waals surface area (Å²) in [6.07, 6.45) is 1.94. The summed E-state index contributed by atoms with van der Waals surface area (Å²) in [6, 6.07) is 6.48. The van der Waals surface area contributed by atoms with Crippen molar-refractivity contribution in [1.29, 1.82) is 0 Å². The molecule has 116 valence electrons. The molecule has 1 fully saturated rings. The van der Waals surface area contributed by atoms with Crippen LogP contribution in [0, 0.1) is 0 Å². The van der Waals surface area contributed by atoms with Crippen LogP contribution in [0.25, 0.3) is 0 Å². The topological polar surface area (TPSA) is 39.7 Å². The molecule has 1 N–H and O–H groups in total. The molecule has 3 rings (SSSR count). The van der Waals surface area contributed by atoms with Crippen molar-refractivity contribution < 1.29 is 14.2 Å². The van der Waals surface area contributed by atoms with Crippen molar-refractivity contribution in [2.24, 2.45) is 0 Å². The zero-order valence-electron chi connectivity index (χ0n) is 13.2. The van der Waals surface area contributed by atoms with Crippen LogP contribution in [-0.4, -0.2) is 38.1 Å². The Balaban J connectivity index is 1.57. The number of ether oxygens (including phenoxy) is 3. The van der Waals surface area contributed by atoms with E-state index in [0.29, 0.717) is 6.61 Å². The van der Waals surface area contributed by atoms with Crippen molar-refractivity contribution in [2.75, 3.05) is 26.9 Å². The molecule has 21 heavy (non-hydrogen) atoms. The summed E-state index contributed by atoms with van der Waals surface area (Å²) in [6.45, 7) is 7.41. The summed E-state index contributed by atoms with van der Waals surface area (Å²) in [5, 5.41) is 3.50. The molecule has 1 aromatic rings. The molecule has 2 aliphatic heterocycles.